The number of esters is 2. The van der Waals surface area contributed by atoms with Gasteiger partial charge in [-0.05, 0) is 36.3 Å². The number of hydrogen-bond acceptors (Lipinski definition) is 7. The SMILES string of the molecule is COC(=O)C1=C(C)N=c2s/c(=C\c3cccc(OC(C)=O)c3)c(=O)n2[C@@H]1c1ccccc1. The van der Waals surface area contributed by atoms with Gasteiger partial charge in [0.1, 0.15) is 5.75 Å². The second-order valence-electron chi connectivity index (χ2n) is 7.15. The number of methoxy groups -OCH3 is 1. The first-order valence-corrected chi connectivity index (χ1v) is 10.6. The molecule has 32 heavy (non-hydrogen) atoms. The van der Waals surface area contributed by atoms with Crippen LogP contribution in [0.5, 0.6) is 5.75 Å². The maximum atomic E-state index is 13.4. The molecule has 0 N–H and O–H groups in total. The monoisotopic (exact) mass is 448 g/mol. The van der Waals surface area contributed by atoms with Gasteiger partial charge in [-0.1, -0.05) is 53.8 Å². The van der Waals surface area contributed by atoms with Crippen LogP contribution in [-0.2, 0) is 14.3 Å². The molecule has 1 atom stereocenters. The molecule has 0 amide bonds. The molecule has 0 saturated carbocycles. The van der Waals surface area contributed by atoms with E-state index in [1.165, 1.54) is 29.9 Å². The maximum absolute atomic E-state index is 13.4. The van der Waals surface area contributed by atoms with Crippen LogP contribution in [0.1, 0.15) is 31.0 Å². The summed E-state index contributed by atoms with van der Waals surface area (Å²) in [4.78, 5) is 42.3. The lowest BCUT2D eigenvalue weighted by Crippen LogP contribution is -2.39. The zero-order valence-corrected chi connectivity index (χ0v) is 18.5. The second-order valence-corrected chi connectivity index (χ2v) is 8.16. The topological polar surface area (TPSA) is 87.0 Å². The van der Waals surface area contributed by atoms with Crippen molar-refractivity contribution in [2.24, 2.45) is 4.99 Å². The zero-order valence-electron chi connectivity index (χ0n) is 17.7. The van der Waals surface area contributed by atoms with Gasteiger partial charge in [0.05, 0.1) is 29.0 Å². The van der Waals surface area contributed by atoms with Crippen molar-refractivity contribution < 1.29 is 19.1 Å². The van der Waals surface area contributed by atoms with Gasteiger partial charge in [-0.15, -0.1) is 0 Å². The fourth-order valence-electron chi connectivity index (χ4n) is 3.63. The van der Waals surface area contributed by atoms with Crippen LogP contribution in [0.25, 0.3) is 6.08 Å². The Morgan fingerprint density at radius 2 is 1.88 bits per heavy atom. The van der Waals surface area contributed by atoms with E-state index in [0.717, 1.165) is 5.56 Å². The van der Waals surface area contributed by atoms with Crippen LogP contribution in [-0.4, -0.2) is 23.6 Å². The molecule has 8 heteroatoms. The first-order chi connectivity index (χ1) is 15.4. The van der Waals surface area contributed by atoms with Crippen LogP contribution in [0.3, 0.4) is 0 Å². The third-order valence-corrected chi connectivity index (χ3v) is 5.94. The van der Waals surface area contributed by atoms with Crippen molar-refractivity contribution in [3.8, 4) is 5.75 Å². The van der Waals surface area contributed by atoms with E-state index in [9.17, 15) is 14.4 Å². The third kappa shape index (κ3) is 4.04. The van der Waals surface area contributed by atoms with Gasteiger partial charge in [-0.3, -0.25) is 14.2 Å². The van der Waals surface area contributed by atoms with Crippen molar-refractivity contribution in [2.45, 2.75) is 19.9 Å². The Bertz CT molecular complexity index is 1420. The first-order valence-electron chi connectivity index (χ1n) is 9.83. The molecule has 0 aliphatic carbocycles. The number of carbonyl (C=O) groups excluding carboxylic acids is 2. The van der Waals surface area contributed by atoms with Crippen LogP contribution >= 0.6 is 11.3 Å². The fourth-order valence-corrected chi connectivity index (χ4v) is 4.68. The van der Waals surface area contributed by atoms with Gasteiger partial charge in [-0.2, -0.15) is 0 Å². The molecule has 2 aromatic carbocycles. The second kappa shape index (κ2) is 8.76. The summed E-state index contributed by atoms with van der Waals surface area (Å²) in [7, 11) is 1.31. The molecule has 0 fully saturated rings. The van der Waals surface area contributed by atoms with Crippen LogP contribution in [0, 0.1) is 0 Å². The Morgan fingerprint density at radius 3 is 2.56 bits per heavy atom. The van der Waals surface area contributed by atoms with E-state index in [1.807, 2.05) is 36.4 Å². The Balaban J connectivity index is 1.91. The summed E-state index contributed by atoms with van der Waals surface area (Å²) >= 11 is 1.23. The number of ether oxygens (including phenoxy) is 2. The number of carbonyl (C=O) groups is 2. The van der Waals surface area contributed by atoms with E-state index in [-0.39, 0.29) is 5.56 Å². The van der Waals surface area contributed by atoms with Gasteiger partial charge in [0.2, 0.25) is 0 Å². The van der Waals surface area contributed by atoms with Gasteiger partial charge < -0.3 is 9.47 Å². The van der Waals surface area contributed by atoms with E-state index in [0.29, 0.717) is 31.9 Å². The molecule has 0 saturated heterocycles. The van der Waals surface area contributed by atoms with Crippen molar-refractivity contribution >= 4 is 29.4 Å². The molecule has 7 nitrogen and oxygen atoms in total. The van der Waals surface area contributed by atoms with Crippen LogP contribution < -0.4 is 19.6 Å². The highest BCUT2D eigenvalue weighted by Crippen LogP contribution is 2.30. The average molecular weight is 449 g/mol. The summed E-state index contributed by atoms with van der Waals surface area (Å²) in [5.41, 5.74) is 2.06. The lowest BCUT2D eigenvalue weighted by atomic mass is 9.96. The van der Waals surface area contributed by atoms with Crippen molar-refractivity contribution in [1.82, 2.24) is 4.57 Å². The third-order valence-electron chi connectivity index (χ3n) is 4.96. The molecule has 1 aliphatic rings. The summed E-state index contributed by atoms with van der Waals surface area (Å²) < 4.78 is 12.1. The van der Waals surface area contributed by atoms with E-state index in [1.54, 1.807) is 31.2 Å². The van der Waals surface area contributed by atoms with Gasteiger partial charge in [0.15, 0.2) is 4.80 Å². The van der Waals surface area contributed by atoms with Crippen molar-refractivity contribution in [3.05, 3.63) is 96.7 Å². The normalized spacial score (nSPS) is 15.7. The molecule has 1 aromatic heterocycles. The van der Waals surface area contributed by atoms with Crippen LogP contribution in [0.2, 0.25) is 0 Å². The summed E-state index contributed by atoms with van der Waals surface area (Å²) in [5, 5.41) is 0. The number of allylic oxidation sites excluding steroid dienone is 1. The Morgan fingerprint density at radius 1 is 1.12 bits per heavy atom. The minimum Gasteiger partial charge on any atom is -0.466 e. The minimum absolute atomic E-state index is 0.269. The van der Waals surface area contributed by atoms with Crippen LogP contribution in [0.15, 0.2) is 75.7 Å². The first kappa shape index (κ1) is 21.5. The van der Waals surface area contributed by atoms with Gasteiger partial charge in [0, 0.05) is 6.92 Å². The lowest BCUT2D eigenvalue weighted by molar-refractivity contribution is -0.136. The molecule has 1 aliphatic heterocycles. The van der Waals surface area contributed by atoms with Crippen molar-refractivity contribution in [3.63, 3.8) is 0 Å². The van der Waals surface area contributed by atoms with E-state index in [4.69, 9.17) is 9.47 Å². The largest absolute Gasteiger partial charge is 0.466 e. The quantitative estimate of drug-likeness (QED) is 0.452. The van der Waals surface area contributed by atoms with E-state index in [2.05, 4.69) is 4.99 Å². The predicted octanol–water partition coefficient (Wildman–Crippen LogP) is 2.33. The van der Waals surface area contributed by atoms with Crippen molar-refractivity contribution in [2.75, 3.05) is 7.11 Å². The summed E-state index contributed by atoms with van der Waals surface area (Å²) in [5.74, 6) is -0.552. The predicted molar refractivity (Wildman–Crippen MR) is 120 cm³/mol. The lowest BCUT2D eigenvalue weighted by Gasteiger charge is -2.24. The Kier molecular flexibility index (Phi) is 5.87. The fraction of sp³-hybridized carbons (Fsp3) is 0.167. The molecule has 3 aromatic rings. The number of hydrogen-bond donors (Lipinski definition) is 0. The molecule has 2 heterocycles. The van der Waals surface area contributed by atoms with Gasteiger partial charge in [0.25, 0.3) is 5.56 Å². The smallest absolute Gasteiger partial charge is 0.338 e. The highest BCUT2D eigenvalue weighted by molar-refractivity contribution is 7.07. The number of aromatic nitrogens is 1. The summed E-state index contributed by atoms with van der Waals surface area (Å²) in [6.45, 7) is 3.07. The van der Waals surface area contributed by atoms with E-state index >= 15 is 0 Å². The van der Waals surface area contributed by atoms with Crippen molar-refractivity contribution in [1.29, 1.82) is 0 Å². The number of benzene rings is 2. The van der Waals surface area contributed by atoms with Gasteiger partial charge >= 0.3 is 11.9 Å². The number of fused-ring (bicyclic) bond motifs is 1. The Labute approximate surface area is 187 Å². The molecule has 0 bridgehead atoms. The maximum Gasteiger partial charge on any atom is 0.338 e. The molecule has 162 valence electrons. The highest BCUT2D eigenvalue weighted by Gasteiger charge is 2.32. The number of nitrogens with zero attached hydrogens (tertiary/aromatic N) is 2. The molecule has 0 spiro atoms. The van der Waals surface area contributed by atoms with Crippen LogP contribution in [0.4, 0.5) is 0 Å². The molecule has 0 unspecified atom stereocenters. The minimum atomic E-state index is -0.644. The number of thiazole rings is 1. The zero-order chi connectivity index (χ0) is 22.8. The summed E-state index contributed by atoms with van der Waals surface area (Å²) in [6, 6.07) is 15.6. The standard InChI is InChI=1S/C24H20N2O5S/c1-14-20(23(29)30-3)21(17-9-5-4-6-10-17)26-22(28)19(32-24(26)25-14)13-16-8-7-11-18(12-16)31-15(2)27/h4-13,21H,1-3H3/b19-13-/t21-/m1/s1. The average Bonchev–Trinajstić information content (AvgIpc) is 3.07. The molecular weight excluding hydrogens is 428 g/mol. The highest BCUT2D eigenvalue weighted by atomic mass is 32.1. The Hall–Kier alpha value is -3.78. The van der Waals surface area contributed by atoms with E-state index < -0.39 is 18.0 Å². The number of rotatable bonds is 4. The van der Waals surface area contributed by atoms with Gasteiger partial charge in [-0.25, -0.2) is 9.79 Å². The molecule has 4 rings (SSSR count). The molecular formula is C24H20N2O5S. The molecule has 0 radical (unpaired) electrons. The summed E-state index contributed by atoms with van der Waals surface area (Å²) in [6.07, 6.45) is 1.72.